The number of rotatable bonds is 7. The van der Waals surface area contributed by atoms with Gasteiger partial charge in [0.05, 0.1) is 0 Å². The number of ether oxygens (including phenoxy) is 1. The summed E-state index contributed by atoms with van der Waals surface area (Å²) in [7, 11) is 0. The van der Waals surface area contributed by atoms with Crippen LogP contribution < -0.4 is 10.6 Å². The second kappa shape index (κ2) is 11.9. The Morgan fingerprint density at radius 1 is 0.938 bits per heavy atom. The predicted molar refractivity (Wildman–Crippen MR) is 125 cm³/mol. The first-order valence-corrected chi connectivity index (χ1v) is 10.5. The number of carbonyl (C=O) groups excluding carboxylic acids is 1. The minimum atomic E-state index is -1.04. The minimum Gasteiger partial charge on any atom is -0.480 e. The molecule has 0 aliphatic rings. The Morgan fingerprint density at radius 3 is 2.06 bits per heavy atom. The number of carbonyl (C=O) groups is 3. The Kier molecular flexibility index (Phi) is 9.97. The summed E-state index contributed by atoms with van der Waals surface area (Å²) in [6.07, 6.45) is -0.310. The number of alkyl carbamates (subject to hydrolysis) is 1. The first kappa shape index (κ1) is 26.7. The molecule has 0 aromatic heterocycles. The van der Waals surface area contributed by atoms with E-state index in [0.717, 1.165) is 16.5 Å². The lowest BCUT2D eigenvalue weighted by Gasteiger charge is -2.22. The summed E-state index contributed by atoms with van der Waals surface area (Å²) in [5, 5.41) is 25.2. The molecule has 2 aromatic carbocycles. The van der Waals surface area contributed by atoms with Gasteiger partial charge in [0, 0.05) is 11.1 Å². The van der Waals surface area contributed by atoms with Crippen LogP contribution in [0.2, 0.25) is 0 Å². The predicted octanol–water partition coefficient (Wildman–Crippen LogP) is 4.74. The van der Waals surface area contributed by atoms with Crippen LogP contribution in [0.1, 0.15) is 48.0 Å². The van der Waals surface area contributed by atoms with Crippen molar-refractivity contribution < 1.29 is 29.3 Å². The SMILES string of the molecule is CC(C)C[C@H](NC(=O)OC(C)(C)C)C(=O)O.C[C@H](Nc1cccc2ccccc12)C(=O)O. The Bertz CT molecular complexity index is 915. The molecule has 0 fully saturated rings. The average Bonchev–Trinajstić information content (AvgIpc) is 2.66. The van der Waals surface area contributed by atoms with Crippen LogP contribution in [0.15, 0.2) is 42.5 Å². The molecule has 0 aliphatic heterocycles. The molecule has 0 unspecified atom stereocenters. The lowest BCUT2D eigenvalue weighted by atomic mass is 10.0. The molecule has 1 amide bonds. The van der Waals surface area contributed by atoms with E-state index in [0.29, 0.717) is 6.42 Å². The van der Waals surface area contributed by atoms with Gasteiger partial charge in [-0.05, 0) is 51.5 Å². The molecule has 0 spiro atoms. The van der Waals surface area contributed by atoms with E-state index < -0.39 is 35.7 Å². The Labute approximate surface area is 189 Å². The van der Waals surface area contributed by atoms with Crippen LogP contribution in [0.3, 0.4) is 0 Å². The third kappa shape index (κ3) is 9.68. The highest BCUT2D eigenvalue weighted by Crippen LogP contribution is 2.23. The molecular formula is C24H34N2O6. The molecule has 2 aromatic rings. The van der Waals surface area contributed by atoms with Crippen LogP contribution in [-0.2, 0) is 14.3 Å². The van der Waals surface area contributed by atoms with Gasteiger partial charge in [-0.15, -0.1) is 0 Å². The molecule has 2 atom stereocenters. The Balaban J connectivity index is 0.000000320. The van der Waals surface area contributed by atoms with Gasteiger partial charge in [0.2, 0.25) is 0 Å². The highest BCUT2D eigenvalue weighted by atomic mass is 16.6. The summed E-state index contributed by atoms with van der Waals surface area (Å²) in [4.78, 5) is 33.0. The van der Waals surface area contributed by atoms with Gasteiger partial charge in [-0.25, -0.2) is 9.59 Å². The van der Waals surface area contributed by atoms with E-state index in [-0.39, 0.29) is 5.92 Å². The van der Waals surface area contributed by atoms with Gasteiger partial charge in [0.15, 0.2) is 0 Å². The molecule has 0 radical (unpaired) electrons. The van der Waals surface area contributed by atoms with E-state index in [9.17, 15) is 14.4 Å². The third-order valence-electron chi connectivity index (χ3n) is 4.23. The molecule has 0 bridgehead atoms. The van der Waals surface area contributed by atoms with E-state index >= 15 is 0 Å². The van der Waals surface area contributed by atoms with Crippen molar-refractivity contribution in [2.24, 2.45) is 5.92 Å². The molecule has 0 aliphatic carbocycles. The second-order valence-electron chi connectivity index (χ2n) is 8.90. The fraction of sp³-hybridized carbons (Fsp3) is 0.458. The fourth-order valence-corrected chi connectivity index (χ4v) is 2.79. The Hall–Kier alpha value is -3.29. The van der Waals surface area contributed by atoms with Gasteiger partial charge in [-0.2, -0.15) is 0 Å². The first-order valence-electron chi connectivity index (χ1n) is 10.5. The number of aliphatic carboxylic acids is 2. The van der Waals surface area contributed by atoms with Crippen molar-refractivity contribution >= 4 is 34.5 Å². The number of anilines is 1. The smallest absolute Gasteiger partial charge is 0.408 e. The molecule has 0 saturated carbocycles. The summed E-state index contributed by atoms with van der Waals surface area (Å²) in [5.74, 6) is -1.71. The number of carboxylic acids is 2. The van der Waals surface area contributed by atoms with Crippen molar-refractivity contribution in [2.75, 3.05) is 5.32 Å². The van der Waals surface area contributed by atoms with Crippen molar-refractivity contribution in [3.05, 3.63) is 42.5 Å². The summed E-state index contributed by atoms with van der Waals surface area (Å²) in [5.41, 5.74) is 0.235. The number of nitrogens with one attached hydrogen (secondary N) is 2. The average molecular weight is 447 g/mol. The Morgan fingerprint density at radius 2 is 1.53 bits per heavy atom. The fourth-order valence-electron chi connectivity index (χ4n) is 2.79. The molecule has 32 heavy (non-hydrogen) atoms. The van der Waals surface area contributed by atoms with E-state index in [4.69, 9.17) is 14.9 Å². The van der Waals surface area contributed by atoms with E-state index in [1.165, 1.54) is 0 Å². The third-order valence-corrected chi connectivity index (χ3v) is 4.23. The number of fused-ring (bicyclic) bond motifs is 1. The van der Waals surface area contributed by atoms with Gasteiger partial charge < -0.3 is 25.6 Å². The van der Waals surface area contributed by atoms with E-state index in [1.807, 2.05) is 56.3 Å². The summed E-state index contributed by atoms with van der Waals surface area (Å²) in [6, 6.07) is 12.2. The highest BCUT2D eigenvalue weighted by molar-refractivity contribution is 5.95. The summed E-state index contributed by atoms with van der Waals surface area (Å²) < 4.78 is 4.99. The molecule has 176 valence electrons. The standard InChI is InChI=1S/C13H13NO2.C11H21NO4/c1-9(13(15)16)14-12-8-4-6-10-5-2-3-7-11(10)12;1-7(2)6-8(9(13)14)12-10(15)16-11(3,4)5/h2-9,14H,1H3,(H,15,16);7-8H,6H2,1-5H3,(H,12,15)(H,13,14)/t9-;8-/m00/s1. The van der Waals surface area contributed by atoms with Crippen molar-refractivity contribution in [1.29, 1.82) is 0 Å². The molecule has 8 heteroatoms. The van der Waals surface area contributed by atoms with E-state index in [1.54, 1.807) is 27.7 Å². The number of hydrogen-bond acceptors (Lipinski definition) is 5. The maximum atomic E-state index is 11.4. The van der Waals surface area contributed by atoms with Gasteiger partial charge in [-0.1, -0.05) is 50.2 Å². The molecular weight excluding hydrogens is 412 g/mol. The molecule has 8 nitrogen and oxygen atoms in total. The van der Waals surface area contributed by atoms with Crippen molar-refractivity contribution in [1.82, 2.24) is 5.32 Å². The summed E-state index contributed by atoms with van der Waals surface area (Å²) in [6.45, 7) is 10.6. The van der Waals surface area contributed by atoms with E-state index in [2.05, 4.69) is 10.6 Å². The molecule has 4 N–H and O–H groups in total. The van der Waals surface area contributed by atoms with Crippen molar-refractivity contribution in [3.63, 3.8) is 0 Å². The zero-order valence-electron chi connectivity index (χ0n) is 19.5. The number of hydrogen-bond donors (Lipinski definition) is 4. The van der Waals surface area contributed by atoms with Gasteiger partial charge in [-0.3, -0.25) is 4.79 Å². The minimum absolute atomic E-state index is 0.191. The maximum Gasteiger partial charge on any atom is 0.408 e. The normalized spacial score (nSPS) is 12.8. The quantitative estimate of drug-likeness (QED) is 0.484. The van der Waals surface area contributed by atoms with Crippen LogP contribution in [-0.4, -0.2) is 45.9 Å². The zero-order valence-corrected chi connectivity index (χ0v) is 19.5. The van der Waals surface area contributed by atoms with Crippen LogP contribution in [0.25, 0.3) is 10.8 Å². The lowest BCUT2D eigenvalue weighted by molar-refractivity contribution is -0.140. The highest BCUT2D eigenvalue weighted by Gasteiger charge is 2.24. The van der Waals surface area contributed by atoms with Crippen LogP contribution >= 0.6 is 0 Å². The van der Waals surface area contributed by atoms with Crippen LogP contribution in [0, 0.1) is 5.92 Å². The molecule has 0 heterocycles. The molecule has 0 saturated heterocycles. The lowest BCUT2D eigenvalue weighted by Crippen LogP contribution is -2.44. The zero-order chi connectivity index (χ0) is 24.5. The molecule has 2 rings (SSSR count). The largest absolute Gasteiger partial charge is 0.480 e. The first-order chi connectivity index (χ1) is 14.8. The van der Waals surface area contributed by atoms with Gasteiger partial charge in [0.25, 0.3) is 0 Å². The second-order valence-corrected chi connectivity index (χ2v) is 8.90. The van der Waals surface area contributed by atoms with Gasteiger partial charge >= 0.3 is 18.0 Å². The van der Waals surface area contributed by atoms with Crippen molar-refractivity contribution in [3.8, 4) is 0 Å². The van der Waals surface area contributed by atoms with Gasteiger partial charge in [0.1, 0.15) is 17.7 Å². The number of amides is 1. The monoisotopic (exact) mass is 446 g/mol. The van der Waals surface area contributed by atoms with Crippen molar-refractivity contribution in [2.45, 2.75) is 65.6 Å². The number of benzene rings is 2. The summed E-state index contributed by atoms with van der Waals surface area (Å²) >= 11 is 0. The maximum absolute atomic E-state index is 11.4. The number of carboxylic acid groups (broad SMARTS) is 2. The van der Waals surface area contributed by atoms with Crippen LogP contribution in [0.4, 0.5) is 10.5 Å². The topological polar surface area (TPSA) is 125 Å². The van der Waals surface area contributed by atoms with Crippen LogP contribution in [0.5, 0.6) is 0 Å².